The summed E-state index contributed by atoms with van der Waals surface area (Å²) in [6.07, 6.45) is -1.49. The van der Waals surface area contributed by atoms with Crippen LogP contribution in [0, 0.1) is 18.8 Å². The van der Waals surface area contributed by atoms with Crippen LogP contribution in [-0.4, -0.2) is 68.6 Å². The van der Waals surface area contributed by atoms with Gasteiger partial charge >= 0.3 is 6.18 Å². The number of halogens is 3. The Labute approximate surface area is 229 Å². The Morgan fingerprint density at radius 1 is 1.02 bits per heavy atom. The zero-order chi connectivity index (χ0) is 28.3. The number of hydrogen-bond acceptors (Lipinski definition) is 6. The second kappa shape index (κ2) is 11.5. The van der Waals surface area contributed by atoms with Gasteiger partial charge in [0.2, 0.25) is 0 Å². The topological polar surface area (TPSA) is 90.0 Å². The van der Waals surface area contributed by atoms with Gasteiger partial charge in [-0.1, -0.05) is 24.8 Å². The van der Waals surface area contributed by atoms with E-state index in [1.165, 1.54) is 18.3 Å². The van der Waals surface area contributed by atoms with E-state index in [9.17, 15) is 18.0 Å². The number of carbonyl (C=O) groups is 1. The van der Waals surface area contributed by atoms with E-state index < -0.39 is 17.6 Å². The molecule has 8 nitrogen and oxygen atoms in total. The molecular weight excluding hydrogens is 519 g/mol. The third kappa shape index (κ3) is 6.30. The highest BCUT2D eigenvalue weighted by Crippen LogP contribution is 2.33. The van der Waals surface area contributed by atoms with Crippen molar-refractivity contribution in [3.63, 3.8) is 0 Å². The van der Waals surface area contributed by atoms with Gasteiger partial charge in [0.1, 0.15) is 5.82 Å². The molecule has 1 aliphatic heterocycles. The smallest absolute Gasteiger partial charge is 0.307 e. The molecule has 3 aromatic heterocycles. The molecule has 1 aromatic carbocycles. The first-order valence-electron chi connectivity index (χ1n) is 12.9. The second-order valence-electron chi connectivity index (χ2n) is 9.66. The molecule has 2 N–H and O–H groups in total. The molecule has 1 saturated heterocycles. The first-order chi connectivity index (χ1) is 19.2. The quantitative estimate of drug-likeness (QED) is 0.359. The Kier molecular flexibility index (Phi) is 7.82. The van der Waals surface area contributed by atoms with E-state index in [2.05, 4.69) is 49.1 Å². The fourth-order valence-corrected chi connectivity index (χ4v) is 4.62. The van der Waals surface area contributed by atoms with Crippen LogP contribution in [0.4, 0.5) is 19.0 Å². The van der Waals surface area contributed by atoms with Crippen molar-refractivity contribution in [2.45, 2.75) is 26.6 Å². The van der Waals surface area contributed by atoms with E-state index in [0.717, 1.165) is 36.8 Å². The molecule has 1 aliphatic rings. The number of hydrogen-bond donors (Lipinski definition) is 2. The van der Waals surface area contributed by atoms with Crippen LogP contribution in [0.1, 0.15) is 45.2 Å². The number of pyridine rings is 2. The highest BCUT2D eigenvalue weighted by Gasteiger charge is 2.34. The number of aryl methyl sites for hydroxylation is 1. The maximum Gasteiger partial charge on any atom is 0.416 e. The molecule has 5 rings (SSSR count). The minimum absolute atomic E-state index is 0.0972. The standard InChI is InChI=1S/C29H28F3N7O/c1-3-38-10-12-39(13-11-38)18-23-7-6-22(16-25(23)29(30,31)32)28(40)35-26-15-20(8-9-33-26)4-5-21-14-24-19(2)36-37-27(24)34-17-21/h6-9,14-17H,3,10-13,18H2,1-2H3,(H,33,35,40)(H,34,36,37). The monoisotopic (exact) mass is 547 g/mol. The summed E-state index contributed by atoms with van der Waals surface area (Å²) in [6, 6.07) is 8.85. The summed E-state index contributed by atoms with van der Waals surface area (Å²) >= 11 is 0. The molecule has 206 valence electrons. The average molecular weight is 548 g/mol. The van der Waals surface area contributed by atoms with Gasteiger partial charge in [-0.05, 0) is 49.4 Å². The molecule has 1 amide bonds. The molecule has 0 bridgehead atoms. The molecule has 0 aliphatic carbocycles. The number of amides is 1. The third-order valence-corrected chi connectivity index (χ3v) is 6.94. The van der Waals surface area contributed by atoms with Crippen LogP contribution in [0.25, 0.3) is 11.0 Å². The van der Waals surface area contributed by atoms with Gasteiger partial charge in [0, 0.05) is 72.9 Å². The number of piperazine rings is 1. The molecule has 0 radical (unpaired) electrons. The average Bonchev–Trinajstić information content (AvgIpc) is 3.32. The number of rotatable bonds is 5. The van der Waals surface area contributed by atoms with Crippen molar-refractivity contribution in [3.8, 4) is 11.8 Å². The summed E-state index contributed by atoms with van der Waals surface area (Å²) in [5.74, 6) is 5.53. The van der Waals surface area contributed by atoms with Crippen molar-refractivity contribution in [2.24, 2.45) is 0 Å². The number of nitrogens with zero attached hydrogens (tertiary/aromatic N) is 5. The number of fused-ring (bicyclic) bond motifs is 1. The summed E-state index contributed by atoms with van der Waals surface area (Å²) in [4.78, 5) is 25.6. The van der Waals surface area contributed by atoms with Crippen molar-refractivity contribution in [1.82, 2.24) is 30.0 Å². The molecule has 11 heteroatoms. The Balaban J connectivity index is 1.30. The van der Waals surface area contributed by atoms with Gasteiger partial charge in [0.05, 0.1) is 5.56 Å². The fraction of sp³-hybridized carbons (Fsp3) is 0.310. The van der Waals surface area contributed by atoms with Gasteiger partial charge in [0.25, 0.3) is 5.91 Å². The summed E-state index contributed by atoms with van der Waals surface area (Å²) in [5.41, 5.74) is 2.01. The van der Waals surface area contributed by atoms with Gasteiger partial charge in [-0.25, -0.2) is 9.97 Å². The molecule has 40 heavy (non-hydrogen) atoms. The molecule has 0 saturated carbocycles. The first kappa shape index (κ1) is 27.3. The Hall–Kier alpha value is -4.27. The summed E-state index contributed by atoms with van der Waals surface area (Å²) in [6.45, 7) is 8.12. The van der Waals surface area contributed by atoms with Gasteiger partial charge < -0.3 is 10.2 Å². The number of aromatic amines is 1. The molecular formula is C29H28F3N7O. The molecule has 0 unspecified atom stereocenters. The zero-order valence-corrected chi connectivity index (χ0v) is 22.1. The van der Waals surface area contributed by atoms with Crippen LogP contribution in [0.3, 0.4) is 0 Å². The van der Waals surface area contributed by atoms with Gasteiger partial charge in [-0.15, -0.1) is 0 Å². The van der Waals surface area contributed by atoms with Gasteiger partial charge in [0.15, 0.2) is 5.65 Å². The Morgan fingerprint density at radius 2 is 1.77 bits per heavy atom. The lowest BCUT2D eigenvalue weighted by Gasteiger charge is -2.34. The molecule has 0 atom stereocenters. The highest BCUT2D eigenvalue weighted by atomic mass is 19.4. The van der Waals surface area contributed by atoms with Crippen LogP contribution < -0.4 is 5.32 Å². The predicted molar refractivity (Wildman–Crippen MR) is 146 cm³/mol. The fourth-order valence-electron chi connectivity index (χ4n) is 4.62. The third-order valence-electron chi connectivity index (χ3n) is 6.94. The van der Waals surface area contributed by atoms with E-state index in [-0.39, 0.29) is 23.5 Å². The minimum Gasteiger partial charge on any atom is -0.307 e. The number of anilines is 1. The van der Waals surface area contributed by atoms with Gasteiger partial charge in [-0.2, -0.15) is 18.3 Å². The number of alkyl halides is 3. The number of benzene rings is 1. The lowest BCUT2D eigenvalue weighted by Crippen LogP contribution is -2.45. The number of H-pyrrole nitrogens is 1. The maximum atomic E-state index is 14.0. The second-order valence-corrected chi connectivity index (χ2v) is 9.66. The van der Waals surface area contributed by atoms with Crippen molar-refractivity contribution in [3.05, 3.63) is 82.3 Å². The molecule has 0 spiro atoms. The highest BCUT2D eigenvalue weighted by molar-refractivity contribution is 6.04. The van der Waals surface area contributed by atoms with E-state index in [1.54, 1.807) is 18.3 Å². The van der Waals surface area contributed by atoms with Crippen molar-refractivity contribution in [2.75, 3.05) is 38.0 Å². The van der Waals surface area contributed by atoms with Crippen LogP contribution in [0.15, 0.2) is 48.8 Å². The van der Waals surface area contributed by atoms with E-state index >= 15 is 0 Å². The molecule has 4 aromatic rings. The van der Waals surface area contributed by atoms with Crippen LogP contribution in [-0.2, 0) is 12.7 Å². The number of carbonyl (C=O) groups excluding carboxylic acids is 1. The number of nitrogens with one attached hydrogen (secondary N) is 2. The van der Waals surface area contributed by atoms with Crippen LogP contribution in [0.5, 0.6) is 0 Å². The maximum absolute atomic E-state index is 14.0. The summed E-state index contributed by atoms with van der Waals surface area (Å²) in [5, 5.41) is 10.4. The van der Waals surface area contributed by atoms with Crippen molar-refractivity contribution in [1.29, 1.82) is 0 Å². The number of likely N-dealkylation sites (N-methyl/N-ethyl adjacent to an activating group) is 1. The molecule has 4 heterocycles. The van der Waals surface area contributed by atoms with Crippen LogP contribution in [0.2, 0.25) is 0 Å². The van der Waals surface area contributed by atoms with Crippen LogP contribution >= 0.6 is 0 Å². The summed E-state index contributed by atoms with van der Waals surface area (Å²) < 4.78 is 41.9. The summed E-state index contributed by atoms with van der Waals surface area (Å²) in [7, 11) is 0. The first-order valence-corrected chi connectivity index (χ1v) is 12.9. The largest absolute Gasteiger partial charge is 0.416 e. The van der Waals surface area contributed by atoms with Crippen molar-refractivity contribution < 1.29 is 18.0 Å². The Bertz CT molecular complexity index is 1590. The zero-order valence-electron chi connectivity index (χ0n) is 22.1. The van der Waals surface area contributed by atoms with E-state index in [1.807, 2.05) is 17.9 Å². The lowest BCUT2D eigenvalue weighted by atomic mass is 10.0. The van der Waals surface area contributed by atoms with E-state index in [0.29, 0.717) is 29.9 Å². The lowest BCUT2D eigenvalue weighted by molar-refractivity contribution is -0.138. The number of aromatic nitrogens is 4. The SMILES string of the molecule is CCN1CCN(Cc2ccc(C(=O)Nc3cc(C#Cc4cnc5n[nH]c(C)c5c4)ccn3)cc2C(F)(F)F)CC1. The predicted octanol–water partition coefficient (Wildman–Crippen LogP) is 4.47. The Morgan fingerprint density at radius 3 is 2.52 bits per heavy atom. The minimum atomic E-state index is -4.59. The van der Waals surface area contributed by atoms with Gasteiger partial charge in [-0.3, -0.25) is 14.8 Å². The van der Waals surface area contributed by atoms with E-state index in [4.69, 9.17) is 0 Å². The van der Waals surface area contributed by atoms with Crippen molar-refractivity contribution >= 4 is 22.8 Å². The molecule has 1 fully saturated rings. The normalized spacial score (nSPS) is 14.6.